The van der Waals surface area contributed by atoms with Crippen molar-refractivity contribution in [3.63, 3.8) is 0 Å². The Labute approximate surface area is 155 Å². The molecule has 0 aliphatic carbocycles. The SMILES string of the molecule is CCNC(=NCC(C)(C)N1CCOCC1)NCCNC(=O)c1ccco1. The van der Waals surface area contributed by atoms with E-state index in [2.05, 4.69) is 34.7 Å². The van der Waals surface area contributed by atoms with E-state index in [0.29, 0.717) is 25.4 Å². The quantitative estimate of drug-likeness (QED) is 0.356. The number of carbonyl (C=O) groups excluding carboxylic acids is 1. The highest BCUT2D eigenvalue weighted by Crippen LogP contribution is 2.16. The standard InChI is InChI=1S/C18H31N5O3/c1-4-19-17(21-8-7-20-16(24)15-6-5-11-26-15)22-14-18(2,3)23-9-12-25-13-10-23/h5-6,11H,4,7-10,12-14H2,1-3H3,(H,20,24)(H2,19,21,22). The Bertz CT molecular complexity index is 565. The second-order valence-electron chi connectivity index (χ2n) is 6.77. The fraction of sp³-hybridized carbons (Fsp3) is 0.667. The highest BCUT2D eigenvalue weighted by atomic mass is 16.5. The summed E-state index contributed by atoms with van der Waals surface area (Å²) in [5.74, 6) is 0.853. The van der Waals surface area contributed by atoms with Crippen molar-refractivity contribution >= 4 is 11.9 Å². The number of nitrogens with zero attached hydrogens (tertiary/aromatic N) is 2. The number of morpholine rings is 1. The zero-order valence-corrected chi connectivity index (χ0v) is 16.0. The van der Waals surface area contributed by atoms with E-state index in [0.717, 1.165) is 38.8 Å². The van der Waals surface area contributed by atoms with Gasteiger partial charge in [-0.15, -0.1) is 0 Å². The summed E-state index contributed by atoms with van der Waals surface area (Å²) >= 11 is 0. The van der Waals surface area contributed by atoms with E-state index >= 15 is 0 Å². The fourth-order valence-electron chi connectivity index (χ4n) is 2.73. The van der Waals surface area contributed by atoms with Gasteiger partial charge in [-0.05, 0) is 32.9 Å². The number of ether oxygens (including phenoxy) is 1. The highest BCUT2D eigenvalue weighted by Gasteiger charge is 2.28. The van der Waals surface area contributed by atoms with E-state index in [-0.39, 0.29) is 11.4 Å². The van der Waals surface area contributed by atoms with E-state index in [4.69, 9.17) is 14.1 Å². The van der Waals surface area contributed by atoms with Crippen LogP contribution in [0.5, 0.6) is 0 Å². The number of hydrogen-bond donors (Lipinski definition) is 3. The molecule has 2 heterocycles. The van der Waals surface area contributed by atoms with Crippen molar-refractivity contribution < 1.29 is 13.9 Å². The van der Waals surface area contributed by atoms with Crippen molar-refractivity contribution in [2.75, 3.05) is 52.5 Å². The first-order valence-corrected chi connectivity index (χ1v) is 9.19. The summed E-state index contributed by atoms with van der Waals surface area (Å²) in [6.07, 6.45) is 1.49. The van der Waals surface area contributed by atoms with Gasteiger partial charge < -0.3 is 25.1 Å². The van der Waals surface area contributed by atoms with E-state index in [1.807, 2.05) is 6.92 Å². The molecule has 3 N–H and O–H groups in total. The molecule has 1 aromatic rings. The Balaban J connectivity index is 1.77. The van der Waals surface area contributed by atoms with Crippen LogP contribution in [0.2, 0.25) is 0 Å². The normalized spacial score (nSPS) is 16.3. The molecule has 1 aliphatic heterocycles. The van der Waals surface area contributed by atoms with Crippen molar-refractivity contribution in [2.45, 2.75) is 26.3 Å². The summed E-state index contributed by atoms with van der Waals surface area (Å²) in [5, 5.41) is 9.29. The number of aliphatic imine (C=N–C) groups is 1. The molecule has 1 amide bonds. The molecule has 0 unspecified atom stereocenters. The molecule has 8 heteroatoms. The third kappa shape index (κ3) is 6.34. The minimum Gasteiger partial charge on any atom is -0.459 e. The van der Waals surface area contributed by atoms with Gasteiger partial charge in [0.25, 0.3) is 5.91 Å². The molecule has 1 saturated heterocycles. The Morgan fingerprint density at radius 1 is 1.23 bits per heavy atom. The number of carbonyl (C=O) groups is 1. The van der Waals surface area contributed by atoms with Crippen LogP contribution in [0, 0.1) is 0 Å². The number of furan rings is 1. The van der Waals surface area contributed by atoms with E-state index in [1.54, 1.807) is 12.1 Å². The molecule has 0 spiro atoms. The van der Waals surface area contributed by atoms with Crippen molar-refractivity contribution in [1.29, 1.82) is 0 Å². The summed E-state index contributed by atoms with van der Waals surface area (Å²) < 4.78 is 10.5. The summed E-state index contributed by atoms with van der Waals surface area (Å²) in [6.45, 7) is 12.4. The monoisotopic (exact) mass is 365 g/mol. The van der Waals surface area contributed by atoms with Gasteiger partial charge in [0.1, 0.15) is 0 Å². The van der Waals surface area contributed by atoms with Gasteiger partial charge in [0.2, 0.25) is 0 Å². The lowest BCUT2D eigenvalue weighted by atomic mass is 10.0. The van der Waals surface area contributed by atoms with Crippen LogP contribution < -0.4 is 16.0 Å². The third-order valence-corrected chi connectivity index (χ3v) is 4.28. The molecule has 0 radical (unpaired) electrons. The van der Waals surface area contributed by atoms with Crippen molar-refractivity contribution in [1.82, 2.24) is 20.9 Å². The van der Waals surface area contributed by atoms with Gasteiger partial charge >= 0.3 is 0 Å². The summed E-state index contributed by atoms with van der Waals surface area (Å²) in [7, 11) is 0. The van der Waals surface area contributed by atoms with Gasteiger partial charge in [-0.3, -0.25) is 14.7 Å². The molecule has 26 heavy (non-hydrogen) atoms. The van der Waals surface area contributed by atoms with Crippen LogP contribution in [0.3, 0.4) is 0 Å². The first-order chi connectivity index (χ1) is 12.5. The summed E-state index contributed by atoms with van der Waals surface area (Å²) in [6, 6.07) is 3.33. The van der Waals surface area contributed by atoms with Gasteiger partial charge in [-0.2, -0.15) is 0 Å². The lowest BCUT2D eigenvalue weighted by molar-refractivity contribution is -0.00683. The lowest BCUT2D eigenvalue weighted by Gasteiger charge is -2.39. The van der Waals surface area contributed by atoms with E-state index < -0.39 is 0 Å². The topological polar surface area (TPSA) is 91.1 Å². The molecular weight excluding hydrogens is 334 g/mol. The number of rotatable bonds is 8. The molecule has 1 aromatic heterocycles. The predicted octanol–water partition coefficient (Wildman–Crippen LogP) is 0.675. The fourth-order valence-corrected chi connectivity index (χ4v) is 2.73. The van der Waals surface area contributed by atoms with Gasteiger partial charge in [-0.25, -0.2) is 0 Å². The van der Waals surface area contributed by atoms with Crippen molar-refractivity contribution in [2.24, 2.45) is 4.99 Å². The minimum absolute atomic E-state index is 0.0281. The largest absolute Gasteiger partial charge is 0.459 e. The van der Waals surface area contributed by atoms with Gasteiger partial charge in [0, 0.05) is 38.3 Å². The highest BCUT2D eigenvalue weighted by molar-refractivity contribution is 5.91. The molecule has 0 saturated carbocycles. The molecule has 0 bridgehead atoms. The predicted molar refractivity (Wildman–Crippen MR) is 101 cm³/mol. The Morgan fingerprint density at radius 3 is 2.62 bits per heavy atom. The number of amides is 1. The maximum Gasteiger partial charge on any atom is 0.287 e. The average Bonchev–Trinajstić information content (AvgIpc) is 3.18. The Hall–Kier alpha value is -2.06. The third-order valence-electron chi connectivity index (χ3n) is 4.28. The first kappa shape index (κ1) is 20.3. The van der Waals surface area contributed by atoms with E-state index in [1.165, 1.54) is 6.26 Å². The molecule has 1 aliphatic rings. The van der Waals surface area contributed by atoms with Crippen LogP contribution in [0.1, 0.15) is 31.3 Å². The molecule has 146 valence electrons. The second-order valence-corrected chi connectivity index (χ2v) is 6.77. The molecule has 0 aromatic carbocycles. The zero-order valence-electron chi connectivity index (χ0n) is 16.0. The van der Waals surface area contributed by atoms with Gasteiger partial charge in [0.15, 0.2) is 11.7 Å². The first-order valence-electron chi connectivity index (χ1n) is 9.19. The van der Waals surface area contributed by atoms with Crippen LogP contribution in [0.4, 0.5) is 0 Å². The van der Waals surface area contributed by atoms with E-state index in [9.17, 15) is 4.79 Å². The van der Waals surface area contributed by atoms with Gasteiger partial charge in [0.05, 0.1) is 26.0 Å². The van der Waals surface area contributed by atoms with Gasteiger partial charge in [-0.1, -0.05) is 0 Å². The number of guanidine groups is 1. The molecule has 1 fully saturated rings. The number of hydrogen-bond acceptors (Lipinski definition) is 5. The maximum atomic E-state index is 11.8. The zero-order chi connectivity index (χ0) is 18.8. The minimum atomic E-state index is -0.216. The van der Waals surface area contributed by atoms with Crippen LogP contribution in [0.25, 0.3) is 0 Å². The van der Waals surface area contributed by atoms with Crippen molar-refractivity contribution in [3.8, 4) is 0 Å². The molecule has 0 atom stereocenters. The molecular formula is C18H31N5O3. The number of nitrogens with one attached hydrogen (secondary N) is 3. The van der Waals surface area contributed by atoms with Crippen LogP contribution in [-0.4, -0.2) is 74.8 Å². The Morgan fingerprint density at radius 2 is 1.96 bits per heavy atom. The maximum absolute atomic E-state index is 11.8. The lowest BCUT2D eigenvalue weighted by Crippen LogP contribution is -2.52. The smallest absolute Gasteiger partial charge is 0.287 e. The van der Waals surface area contributed by atoms with Crippen LogP contribution >= 0.6 is 0 Å². The second kappa shape index (κ2) is 10.2. The summed E-state index contributed by atoms with van der Waals surface area (Å²) in [4.78, 5) is 18.9. The van der Waals surface area contributed by atoms with Crippen LogP contribution in [0.15, 0.2) is 27.8 Å². The average molecular weight is 365 g/mol. The molecule has 8 nitrogen and oxygen atoms in total. The Kier molecular flexibility index (Phi) is 7.93. The van der Waals surface area contributed by atoms with Crippen molar-refractivity contribution in [3.05, 3.63) is 24.2 Å². The van der Waals surface area contributed by atoms with Crippen LogP contribution in [-0.2, 0) is 4.74 Å². The summed E-state index contributed by atoms with van der Waals surface area (Å²) in [5.41, 5.74) is -0.0281. The molecule has 2 rings (SSSR count).